The predicted octanol–water partition coefficient (Wildman–Crippen LogP) is 3.39. The summed E-state index contributed by atoms with van der Waals surface area (Å²) in [5.41, 5.74) is 1.42. The second-order valence-electron chi connectivity index (χ2n) is 7.23. The van der Waals surface area contributed by atoms with Crippen LogP contribution in [0.4, 0.5) is 5.13 Å². The number of thiazole rings is 1. The lowest BCUT2D eigenvalue weighted by molar-refractivity contribution is 0.258. The molecule has 1 fully saturated rings. The van der Waals surface area contributed by atoms with Gasteiger partial charge in [-0.15, -0.1) is 11.3 Å². The number of anilines is 1. The third-order valence-electron chi connectivity index (χ3n) is 5.09. The first-order valence-electron chi connectivity index (χ1n) is 9.89. The van der Waals surface area contributed by atoms with Crippen molar-refractivity contribution in [1.29, 1.82) is 0 Å². The van der Waals surface area contributed by atoms with E-state index in [9.17, 15) is 0 Å². The molecule has 26 heavy (non-hydrogen) atoms. The van der Waals surface area contributed by atoms with Crippen molar-refractivity contribution in [3.63, 3.8) is 0 Å². The van der Waals surface area contributed by atoms with E-state index in [-0.39, 0.29) is 0 Å². The zero-order chi connectivity index (χ0) is 18.2. The molecule has 0 saturated carbocycles. The second kappa shape index (κ2) is 10.0. The van der Waals surface area contributed by atoms with E-state index in [1.165, 1.54) is 41.6 Å². The molecule has 0 bridgehead atoms. The van der Waals surface area contributed by atoms with Crippen molar-refractivity contribution in [2.45, 2.75) is 26.2 Å². The van der Waals surface area contributed by atoms with E-state index in [0.29, 0.717) is 0 Å². The number of nitrogens with zero attached hydrogens (tertiary/aromatic N) is 4. The number of likely N-dealkylation sites (N-methyl/N-ethyl adjacent to an activating group) is 1. The molecule has 0 radical (unpaired) electrons. The Kier molecular flexibility index (Phi) is 7.47. The highest BCUT2D eigenvalue weighted by Gasteiger charge is 2.18. The van der Waals surface area contributed by atoms with E-state index in [1.807, 2.05) is 11.3 Å². The van der Waals surface area contributed by atoms with E-state index < -0.39 is 0 Å². The minimum Gasteiger partial charge on any atom is -0.346 e. The normalized spacial score (nSPS) is 15.7. The van der Waals surface area contributed by atoms with Gasteiger partial charge in [0.2, 0.25) is 0 Å². The molecule has 0 amide bonds. The van der Waals surface area contributed by atoms with Gasteiger partial charge in [0, 0.05) is 50.3 Å². The molecule has 1 aliphatic heterocycles. The Balaban J connectivity index is 1.39. The lowest BCUT2D eigenvalue weighted by atomic mass is 10.1. The van der Waals surface area contributed by atoms with Crippen molar-refractivity contribution in [2.75, 3.05) is 57.8 Å². The standard InChI is InChI=1S/C21H32N4S/c1-3-11-24-14-16-25(17-15-24)21-22-18-20(26-21)10-13-23(2)12-9-19-7-5-4-6-8-19/h4-8,18H,3,9-17H2,1-2H3. The Morgan fingerprint density at radius 2 is 1.77 bits per heavy atom. The van der Waals surface area contributed by atoms with Crippen LogP contribution in [0.25, 0.3) is 0 Å². The van der Waals surface area contributed by atoms with Gasteiger partial charge in [-0.3, -0.25) is 4.90 Å². The minimum atomic E-state index is 1.10. The largest absolute Gasteiger partial charge is 0.346 e. The fourth-order valence-electron chi connectivity index (χ4n) is 3.42. The summed E-state index contributed by atoms with van der Waals surface area (Å²) >= 11 is 1.88. The third kappa shape index (κ3) is 5.79. The van der Waals surface area contributed by atoms with Crippen LogP contribution < -0.4 is 4.90 Å². The van der Waals surface area contributed by atoms with E-state index in [4.69, 9.17) is 0 Å². The highest BCUT2D eigenvalue weighted by molar-refractivity contribution is 7.15. The molecule has 1 saturated heterocycles. The van der Waals surface area contributed by atoms with Crippen LogP contribution in [-0.2, 0) is 12.8 Å². The maximum absolute atomic E-state index is 4.69. The molecule has 0 aliphatic carbocycles. The quantitative estimate of drug-likeness (QED) is 0.673. The van der Waals surface area contributed by atoms with E-state index in [2.05, 4.69) is 70.2 Å². The molecule has 1 aromatic heterocycles. The summed E-state index contributed by atoms with van der Waals surface area (Å²) in [6.45, 7) is 10.3. The maximum Gasteiger partial charge on any atom is 0.185 e. The van der Waals surface area contributed by atoms with E-state index in [0.717, 1.165) is 39.0 Å². The molecule has 3 rings (SSSR count). The van der Waals surface area contributed by atoms with Crippen molar-refractivity contribution >= 4 is 16.5 Å². The summed E-state index contributed by atoms with van der Waals surface area (Å²) < 4.78 is 0. The molecule has 0 unspecified atom stereocenters. The molecule has 2 aromatic rings. The fraction of sp³-hybridized carbons (Fsp3) is 0.571. The zero-order valence-corrected chi connectivity index (χ0v) is 17.0. The summed E-state index contributed by atoms with van der Waals surface area (Å²) in [5, 5.41) is 1.21. The Labute approximate surface area is 162 Å². The van der Waals surface area contributed by atoms with Crippen LogP contribution in [0.3, 0.4) is 0 Å². The van der Waals surface area contributed by atoms with Crippen molar-refractivity contribution in [2.24, 2.45) is 0 Å². The first kappa shape index (κ1) is 19.3. The van der Waals surface area contributed by atoms with Gasteiger partial charge in [0.15, 0.2) is 5.13 Å². The molecular weight excluding hydrogens is 340 g/mol. The lowest BCUT2D eigenvalue weighted by Crippen LogP contribution is -2.46. The Bertz CT molecular complexity index is 634. The van der Waals surface area contributed by atoms with E-state index >= 15 is 0 Å². The monoisotopic (exact) mass is 372 g/mol. The summed E-state index contributed by atoms with van der Waals surface area (Å²) in [6.07, 6.45) is 5.55. The second-order valence-corrected chi connectivity index (χ2v) is 8.32. The van der Waals surface area contributed by atoms with E-state index in [1.54, 1.807) is 0 Å². The third-order valence-corrected chi connectivity index (χ3v) is 6.21. The first-order valence-corrected chi connectivity index (χ1v) is 10.7. The molecule has 5 heteroatoms. The van der Waals surface area contributed by atoms with Gasteiger partial charge in [0.05, 0.1) is 0 Å². The van der Waals surface area contributed by atoms with Crippen LogP contribution >= 0.6 is 11.3 Å². The van der Waals surface area contributed by atoms with Gasteiger partial charge in [-0.2, -0.15) is 0 Å². The van der Waals surface area contributed by atoms with Gasteiger partial charge < -0.3 is 9.80 Å². The molecule has 0 spiro atoms. The van der Waals surface area contributed by atoms with Gasteiger partial charge in [-0.05, 0) is 38.4 Å². The molecule has 1 aromatic carbocycles. The van der Waals surface area contributed by atoms with Crippen molar-refractivity contribution in [3.05, 3.63) is 47.0 Å². The number of hydrogen-bond donors (Lipinski definition) is 0. The number of aromatic nitrogens is 1. The fourth-order valence-corrected chi connectivity index (χ4v) is 4.37. The molecule has 4 nitrogen and oxygen atoms in total. The molecule has 2 heterocycles. The zero-order valence-electron chi connectivity index (χ0n) is 16.2. The smallest absolute Gasteiger partial charge is 0.185 e. The lowest BCUT2D eigenvalue weighted by Gasteiger charge is -2.34. The van der Waals surface area contributed by atoms with Crippen LogP contribution in [0.15, 0.2) is 36.5 Å². The minimum absolute atomic E-state index is 1.10. The first-order chi connectivity index (χ1) is 12.7. The number of rotatable bonds is 9. The van der Waals surface area contributed by atoms with Crippen LogP contribution in [-0.4, -0.2) is 67.6 Å². The highest BCUT2D eigenvalue weighted by Crippen LogP contribution is 2.24. The number of benzene rings is 1. The molecule has 0 N–H and O–H groups in total. The average Bonchev–Trinajstić information content (AvgIpc) is 3.15. The van der Waals surface area contributed by atoms with Crippen LogP contribution in [0.1, 0.15) is 23.8 Å². The Morgan fingerprint density at radius 1 is 1.04 bits per heavy atom. The molecule has 1 aliphatic rings. The summed E-state index contributed by atoms with van der Waals surface area (Å²) in [5.74, 6) is 0. The van der Waals surface area contributed by atoms with Crippen LogP contribution in [0.5, 0.6) is 0 Å². The van der Waals surface area contributed by atoms with Crippen molar-refractivity contribution < 1.29 is 0 Å². The van der Waals surface area contributed by atoms with Gasteiger partial charge in [-0.1, -0.05) is 37.3 Å². The van der Waals surface area contributed by atoms with Gasteiger partial charge in [0.25, 0.3) is 0 Å². The van der Waals surface area contributed by atoms with Gasteiger partial charge in [-0.25, -0.2) is 4.98 Å². The van der Waals surface area contributed by atoms with Crippen LogP contribution in [0.2, 0.25) is 0 Å². The van der Waals surface area contributed by atoms with Gasteiger partial charge in [0.1, 0.15) is 0 Å². The topological polar surface area (TPSA) is 22.6 Å². The summed E-state index contributed by atoms with van der Waals surface area (Å²) in [7, 11) is 2.22. The SMILES string of the molecule is CCCN1CCN(c2ncc(CCN(C)CCc3ccccc3)s2)CC1. The average molecular weight is 373 g/mol. The Morgan fingerprint density at radius 3 is 2.50 bits per heavy atom. The highest BCUT2D eigenvalue weighted by atomic mass is 32.1. The number of hydrogen-bond acceptors (Lipinski definition) is 5. The summed E-state index contributed by atoms with van der Waals surface area (Å²) in [4.78, 5) is 13.5. The predicted molar refractivity (Wildman–Crippen MR) is 112 cm³/mol. The molecular formula is C21H32N4S. The molecule has 142 valence electrons. The van der Waals surface area contributed by atoms with Gasteiger partial charge >= 0.3 is 0 Å². The van der Waals surface area contributed by atoms with Crippen LogP contribution in [0, 0.1) is 0 Å². The van der Waals surface area contributed by atoms with Crippen molar-refractivity contribution in [3.8, 4) is 0 Å². The Hall–Kier alpha value is -1.43. The number of piperazine rings is 1. The van der Waals surface area contributed by atoms with Crippen molar-refractivity contribution in [1.82, 2.24) is 14.8 Å². The maximum atomic E-state index is 4.69. The summed E-state index contributed by atoms with van der Waals surface area (Å²) in [6, 6.07) is 10.7. The molecule has 0 atom stereocenters.